The lowest BCUT2D eigenvalue weighted by molar-refractivity contribution is -0.192. The maximum Gasteiger partial charge on any atom is 0.351 e. The minimum absolute atomic E-state index is 0.143. The Morgan fingerprint density at radius 3 is 2.55 bits per heavy atom. The molecule has 1 unspecified atom stereocenters. The van der Waals surface area contributed by atoms with Crippen LogP contribution in [0.3, 0.4) is 0 Å². The van der Waals surface area contributed by atoms with Crippen molar-refractivity contribution in [3.63, 3.8) is 0 Å². The van der Waals surface area contributed by atoms with Crippen LogP contribution in [0.25, 0.3) is 10.8 Å². The van der Waals surface area contributed by atoms with Crippen molar-refractivity contribution in [1.82, 2.24) is 14.6 Å². The Kier molecular flexibility index (Phi) is 9.62. The Balaban J connectivity index is 1.65. The molecule has 5 N–H and O–H groups in total. The first kappa shape index (κ1) is 31.9. The number of benzene rings is 2. The molecule has 0 amide bonds. The molecule has 0 spiro atoms. The molecular weight excluding hydrogens is 597 g/mol. The van der Waals surface area contributed by atoms with Gasteiger partial charge in [-0.25, -0.2) is 18.7 Å². The van der Waals surface area contributed by atoms with E-state index in [1.165, 1.54) is 13.0 Å². The van der Waals surface area contributed by atoms with E-state index < -0.39 is 67.5 Å². The molecule has 1 fully saturated rings. The lowest BCUT2D eigenvalue weighted by Crippen LogP contribution is -2.53. The number of halogens is 2. The number of aromatic nitrogens is 2. The monoisotopic (exact) mass is 628 g/mol. The summed E-state index contributed by atoms with van der Waals surface area (Å²) in [5.41, 5.74) is 1.63. The number of fused-ring (bicyclic) bond motifs is 1. The molecule has 1 aliphatic rings. The molecule has 12 nitrogen and oxygen atoms in total. The molecule has 42 heavy (non-hydrogen) atoms. The molecule has 4 rings (SSSR count). The summed E-state index contributed by atoms with van der Waals surface area (Å²) in [5, 5.41) is 25.9. The van der Waals surface area contributed by atoms with E-state index in [4.69, 9.17) is 36.1 Å². The number of nitrogens with one attached hydrogen (secondary N) is 1. The third-order valence-corrected chi connectivity index (χ3v) is 8.90. The van der Waals surface area contributed by atoms with E-state index in [2.05, 4.69) is 10.1 Å². The molecule has 0 aliphatic carbocycles. The van der Waals surface area contributed by atoms with Crippen LogP contribution in [0, 0.1) is 0 Å². The van der Waals surface area contributed by atoms with Crippen LogP contribution in [0.1, 0.15) is 27.0 Å². The SMILES string of the molecule is CC(C)OC(=O)[C@H](C)NP(=S)(OC[C@@]1(C(F)F)O[C@@H](n2ccc(N)nc2=O)[C@H](O)[C@H]1O)Oc1ccc2ccccc2c1. The van der Waals surface area contributed by atoms with Gasteiger partial charge in [-0.1, -0.05) is 30.3 Å². The van der Waals surface area contributed by atoms with Gasteiger partial charge in [0.15, 0.2) is 11.8 Å². The quantitative estimate of drug-likeness (QED) is 0.181. The summed E-state index contributed by atoms with van der Waals surface area (Å²) in [5.74, 6) is -0.628. The van der Waals surface area contributed by atoms with Crippen LogP contribution in [-0.2, 0) is 30.6 Å². The molecule has 1 saturated heterocycles. The largest absolute Gasteiger partial charge is 0.462 e. The number of anilines is 1. The number of nitrogen functional groups attached to an aromatic ring is 1. The van der Waals surface area contributed by atoms with Gasteiger partial charge >= 0.3 is 18.3 Å². The highest BCUT2D eigenvalue weighted by atomic mass is 32.5. The highest BCUT2D eigenvalue weighted by Crippen LogP contribution is 2.49. The maximum absolute atomic E-state index is 14.6. The van der Waals surface area contributed by atoms with Crippen LogP contribution in [0.5, 0.6) is 5.75 Å². The zero-order valence-electron chi connectivity index (χ0n) is 22.8. The highest BCUT2D eigenvalue weighted by molar-refractivity contribution is 8.09. The van der Waals surface area contributed by atoms with Crippen molar-refractivity contribution in [3.05, 3.63) is 65.2 Å². The lowest BCUT2D eigenvalue weighted by atomic mass is 9.96. The second-order valence-electron chi connectivity index (χ2n) is 9.95. The van der Waals surface area contributed by atoms with Crippen molar-refractivity contribution in [2.24, 2.45) is 0 Å². The molecule has 1 aliphatic heterocycles. The van der Waals surface area contributed by atoms with E-state index in [1.54, 1.807) is 32.0 Å². The van der Waals surface area contributed by atoms with Crippen molar-refractivity contribution in [1.29, 1.82) is 0 Å². The van der Waals surface area contributed by atoms with Gasteiger partial charge in [0.25, 0.3) is 6.43 Å². The van der Waals surface area contributed by atoms with Gasteiger partial charge in [0.05, 0.1) is 12.7 Å². The number of hydrogen-bond donors (Lipinski definition) is 4. The predicted molar refractivity (Wildman–Crippen MR) is 152 cm³/mol. The molecule has 0 radical (unpaired) electrons. The van der Waals surface area contributed by atoms with E-state index in [-0.39, 0.29) is 11.6 Å². The number of alkyl halides is 2. The number of carbonyl (C=O) groups is 1. The molecule has 2 aromatic carbocycles. The number of aliphatic hydroxyl groups excluding tert-OH is 2. The van der Waals surface area contributed by atoms with Crippen molar-refractivity contribution in [3.8, 4) is 5.75 Å². The van der Waals surface area contributed by atoms with Crippen LogP contribution in [0.15, 0.2) is 59.5 Å². The van der Waals surface area contributed by atoms with Gasteiger partial charge in [-0.2, -0.15) is 4.98 Å². The molecular formula is C26H31F2N4O8PS. The van der Waals surface area contributed by atoms with Gasteiger partial charge in [-0.3, -0.25) is 9.36 Å². The summed E-state index contributed by atoms with van der Waals surface area (Å²) >= 11 is 5.64. The number of hydrogen-bond acceptors (Lipinski definition) is 11. The minimum atomic E-state index is -3.88. The number of nitrogens with two attached hydrogens (primary N) is 1. The number of nitrogens with zero attached hydrogens (tertiary/aromatic N) is 2. The van der Waals surface area contributed by atoms with E-state index in [9.17, 15) is 28.6 Å². The Hall–Kier alpha value is -3.04. The Labute approximate surface area is 244 Å². The molecule has 3 aromatic rings. The summed E-state index contributed by atoms with van der Waals surface area (Å²) in [6.07, 6.45) is -8.78. The van der Waals surface area contributed by atoms with E-state index >= 15 is 0 Å². The van der Waals surface area contributed by atoms with Gasteiger partial charge in [-0.05, 0) is 61.5 Å². The summed E-state index contributed by atoms with van der Waals surface area (Å²) in [7, 11) is 0. The number of esters is 1. The molecule has 1 aromatic heterocycles. The molecule has 228 valence electrons. The lowest BCUT2D eigenvalue weighted by Gasteiger charge is -2.34. The second-order valence-corrected chi connectivity index (χ2v) is 13.1. The van der Waals surface area contributed by atoms with Gasteiger partial charge in [-0.15, -0.1) is 0 Å². The van der Waals surface area contributed by atoms with Gasteiger partial charge in [0, 0.05) is 6.20 Å². The first-order chi connectivity index (χ1) is 19.7. The van der Waals surface area contributed by atoms with Gasteiger partial charge in [0.2, 0.25) is 0 Å². The van der Waals surface area contributed by atoms with Crippen LogP contribution in [0.4, 0.5) is 14.6 Å². The van der Waals surface area contributed by atoms with E-state index in [0.717, 1.165) is 21.5 Å². The fraction of sp³-hybridized carbons (Fsp3) is 0.423. The summed E-state index contributed by atoms with van der Waals surface area (Å²) < 4.78 is 52.4. The zero-order chi connectivity index (χ0) is 30.8. The number of rotatable bonds is 11. The first-order valence-corrected chi connectivity index (χ1v) is 15.5. The van der Waals surface area contributed by atoms with E-state index in [0.29, 0.717) is 0 Å². The minimum Gasteiger partial charge on any atom is -0.462 e. The normalized spacial score (nSPS) is 24.5. The second kappa shape index (κ2) is 12.7. The smallest absolute Gasteiger partial charge is 0.351 e. The third kappa shape index (κ3) is 6.78. The number of carbonyl (C=O) groups excluding carboxylic acids is 1. The third-order valence-electron chi connectivity index (χ3n) is 6.42. The molecule has 2 heterocycles. The maximum atomic E-state index is 14.6. The topological polar surface area (TPSA) is 167 Å². The Bertz CT molecular complexity index is 1550. The summed E-state index contributed by atoms with van der Waals surface area (Å²) in [6, 6.07) is 12.5. The number of aliphatic hydroxyl groups is 2. The highest BCUT2D eigenvalue weighted by Gasteiger charge is 2.61. The first-order valence-electron chi connectivity index (χ1n) is 12.8. The molecule has 16 heteroatoms. The number of ether oxygens (including phenoxy) is 2. The van der Waals surface area contributed by atoms with Crippen molar-refractivity contribution < 1.29 is 42.3 Å². The Morgan fingerprint density at radius 2 is 1.90 bits per heavy atom. The molecule has 6 atom stereocenters. The van der Waals surface area contributed by atoms with Crippen LogP contribution >= 0.6 is 6.64 Å². The van der Waals surface area contributed by atoms with Crippen molar-refractivity contribution >= 4 is 41.0 Å². The summed E-state index contributed by atoms with van der Waals surface area (Å²) in [6.45, 7) is -0.245. The van der Waals surface area contributed by atoms with Crippen molar-refractivity contribution in [2.45, 2.75) is 63.4 Å². The standard InChI is InChI=1S/C26H31F2N4O8PS/c1-14(2)38-23(35)15(3)31-41(42,40-18-9-8-16-6-4-5-7-17(16)12-18)37-13-26(24(27)28)21(34)20(33)22(39-26)32-11-10-19(29)30-25(32)36/h4-12,14-15,20-22,24,33-34H,13H2,1-3H3,(H,31,42)(H2,29,30,36)/t15-,20+,21+,22+,26+,41?/m0/s1. The van der Waals surface area contributed by atoms with Crippen molar-refractivity contribution in [2.75, 3.05) is 12.3 Å². The molecule has 0 bridgehead atoms. The average molecular weight is 629 g/mol. The summed E-state index contributed by atoms with van der Waals surface area (Å²) in [4.78, 5) is 28.4. The van der Waals surface area contributed by atoms with E-state index in [1.807, 2.05) is 24.3 Å². The van der Waals surface area contributed by atoms with Crippen LogP contribution in [0.2, 0.25) is 0 Å². The predicted octanol–water partition coefficient (Wildman–Crippen LogP) is 2.48. The van der Waals surface area contributed by atoms with Crippen LogP contribution < -0.4 is 21.0 Å². The van der Waals surface area contributed by atoms with Crippen LogP contribution in [-0.4, -0.2) is 68.7 Å². The fourth-order valence-electron chi connectivity index (χ4n) is 4.28. The zero-order valence-corrected chi connectivity index (χ0v) is 24.5. The van der Waals surface area contributed by atoms with Gasteiger partial charge < -0.3 is 34.5 Å². The van der Waals surface area contributed by atoms with Gasteiger partial charge in [0.1, 0.15) is 29.8 Å². The Morgan fingerprint density at radius 1 is 1.21 bits per heavy atom. The average Bonchev–Trinajstić information content (AvgIpc) is 3.17. The fourth-order valence-corrected chi connectivity index (χ4v) is 6.69. The molecule has 0 saturated carbocycles.